The van der Waals surface area contributed by atoms with Crippen LogP contribution in [0.25, 0.3) is 0 Å². The summed E-state index contributed by atoms with van der Waals surface area (Å²) in [7, 11) is 0. The molecule has 0 aromatic heterocycles. The number of hydrogen-bond donors (Lipinski definition) is 1. The number of rotatable bonds is 2. The molecule has 4 heteroatoms. The normalized spacial score (nSPS) is 36.3. The quantitative estimate of drug-likeness (QED) is 0.807. The third-order valence-corrected chi connectivity index (χ3v) is 5.35. The van der Waals surface area contributed by atoms with Crippen molar-refractivity contribution in [2.24, 2.45) is 11.8 Å². The van der Waals surface area contributed by atoms with Gasteiger partial charge in [-0.25, -0.2) is 0 Å². The lowest BCUT2D eigenvalue weighted by atomic mass is 9.95. The Hall–Kier alpha value is -0.610. The van der Waals surface area contributed by atoms with Crippen LogP contribution in [0.3, 0.4) is 0 Å². The lowest BCUT2D eigenvalue weighted by Gasteiger charge is -2.27. The van der Waals surface area contributed by atoms with Gasteiger partial charge in [0.05, 0.1) is 6.54 Å². The highest BCUT2D eigenvalue weighted by molar-refractivity contribution is 5.78. The predicted octanol–water partition coefficient (Wildman–Crippen LogP) is 0.929. The molecule has 19 heavy (non-hydrogen) atoms. The van der Waals surface area contributed by atoms with Crippen LogP contribution in [0.4, 0.5) is 0 Å². The van der Waals surface area contributed by atoms with Gasteiger partial charge in [-0.05, 0) is 44.7 Å². The molecule has 4 nitrogen and oxygen atoms in total. The van der Waals surface area contributed by atoms with Crippen LogP contribution in [0.15, 0.2) is 0 Å². The van der Waals surface area contributed by atoms with Crippen LogP contribution < -0.4 is 5.32 Å². The zero-order valence-electron chi connectivity index (χ0n) is 12.1. The average Bonchev–Trinajstić information content (AvgIpc) is 2.83. The van der Waals surface area contributed by atoms with E-state index in [2.05, 4.69) is 22.0 Å². The van der Waals surface area contributed by atoms with Crippen LogP contribution in [0.5, 0.6) is 0 Å². The molecule has 0 aliphatic carbocycles. The summed E-state index contributed by atoms with van der Waals surface area (Å²) in [6.45, 7) is 8.30. The van der Waals surface area contributed by atoms with Gasteiger partial charge < -0.3 is 10.2 Å². The number of nitrogens with one attached hydrogen (secondary N) is 1. The lowest BCUT2D eigenvalue weighted by Crippen LogP contribution is -2.43. The van der Waals surface area contributed by atoms with Crippen LogP contribution in [-0.2, 0) is 4.79 Å². The molecule has 3 fully saturated rings. The summed E-state index contributed by atoms with van der Waals surface area (Å²) in [5.41, 5.74) is 0. The minimum absolute atomic E-state index is 0.363. The maximum Gasteiger partial charge on any atom is 0.236 e. The van der Waals surface area contributed by atoms with Gasteiger partial charge in [-0.1, -0.05) is 12.8 Å². The number of hydrogen-bond acceptors (Lipinski definition) is 3. The van der Waals surface area contributed by atoms with Gasteiger partial charge in [0.2, 0.25) is 5.91 Å². The van der Waals surface area contributed by atoms with Crippen molar-refractivity contribution in [1.82, 2.24) is 15.1 Å². The number of fused-ring (bicyclic) bond motifs is 1. The van der Waals surface area contributed by atoms with Gasteiger partial charge in [-0.2, -0.15) is 0 Å². The zero-order chi connectivity index (χ0) is 13.2. The number of carbonyl (C=O) groups excluding carboxylic acids is 1. The molecule has 0 spiro atoms. The van der Waals surface area contributed by atoms with Crippen molar-refractivity contribution in [3.63, 3.8) is 0 Å². The van der Waals surface area contributed by atoms with Crippen LogP contribution in [-0.4, -0.2) is 61.0 Å². The summed E-state index contributed by atoms with van der Waals surface area (Å²) in [6, 6.07) is 0.566. The summed E-state index contributed by atoms with van der Waals surface area (Å²) in [6.07, 6.45) is 4.96. The van der Waals surface area contributed by atoms with Crippen LogP contribution >= 0.6 is 0 Å². The first-order chi connectivity index (χ1) is 9.25. The molecule has 108 valence electrons. The predicted molar refractivity (Wildman–Crippen MR) is 75.9 cm³/mol. The highest BCUT2D eigenvalue weighted by Crippen LogP contribution is 2.32. The van der Waals surface area contributed by atoms with Gasteiger partial charge in [-0.3, -0.25) is 9.69 Å². The fraction of sp³-hybridized carbons (Fsp3) is 0.933. The third-order valence-electron chi connectivity index (χ3n) is 5.35. The number of carbonyl (C=O) groups is 1. The Labute approximate surface area is 116 Å². The Morgan fingerprint density at radius 3 is 2.58 bits per heavy atom. The van der Waals surface area contributed by atoms with E-state index in [9.17, 15) is 4.79 Å². The molecule has 1 amide bonds. The second-order valence-electron chi connectivity index (χ2n) is 6.55. The third kappa shape index (κ3) is 2.79. The first kappa shape index (κ1) is 13.4. The molecule has 3 saturated heterocycles. The smallest absolute Gasteiger partial charge is 0.236 e. The van der Waals surface area contributed by atoms with E-state index in [4.69, 9.17) is 0 Å². The highest BCUT2D eigenvalue weighted by Gasteiger charge is 2.42. The molecule has 0 bridgehead atoms. The van der Waals surface area contributed by atoms with Crippen LogP contribution in [0.1, 0.15) is 32.6 Å². The van der Waals surface area contributed by atoms with E-state index >= 15 is 0 Å². The molecule has 1 N–H and O–H groups in total. The van der Waals surface area contributed by atoms with Crippen molar-refractivity contribution in [3.8, 4) is 0 Å². The van der Waals surface area contributed by atoms with Crippen molar-refractivity contribution in [1.29, 1.82) is 0 Å². The lowest BCUT2D eigenvalue weighted by molar-refractivity contribution is -0.132. The van der Waals surface area contributed by atoms with Gasteiger partial charge in [0.15, 0.2) is 0 Å². The van der Waals surface area contributed by atoms with Gasteiger partial charge in [0.25, 0.3) is 0 Å². The van der Waals surface area contributed by atoms with Crippen molar-refractivity contribution in [2.75, 3.05) is 39.3 Å². The molecule has 0 saturated carbocycles. The molecule has 3 rings (SSSR count). The van der Waals surface area contributed by atoms with Gasteiger partial charge in [0, 0.05) is 25.7 Å². The Balaban J connectivity index is 1.54. The first-order valence-electron chi connectivity index (χ1n) is 7.98. The molecule has 3 aliphatic heterocycles. The van der Waals surface area contributed by atoms with Gasteiger partial charge in [-0.15, -0.1) is 0 Å². The number of likely N-dealkylation sites (tertiary alicyclic amines) is 2. The summed E-state index contributed by atoms with van der Waals surface area (Å²) >= 11 is 0. The second-order valence-corrected chi connectivity index (χ2v) is 6.55. The topological polar surface area (TPSA) is 35.6 Å². The van der Waals surface area contributed by atoms with Crippen molar-refractivity contribution >= 4 is 5.91 Å². The maximum atomic E-state index is 12.4. The van der Waals surface area contributed by atoms with E-state index in [1.807, 2.05) is 0 Å². The average molecular weight is 265 g/mol. The van der Waals surface area contributed by atoms with Crippen LogP contribution in [0.2, 0.25) is 0 Å². The Morgan fingerprint density at radius 2 is 1.89 bits per heavy atom. The standard InChI is InChI=1S/C15H27N3O/c1-12-14-9-16-8-13(14)10-18(12)11-15(19)17-6-4-2-3-5-7-17/h12-14,16H,2-11H2,1H3. The fourth-order valence-corrected chi connectivity index (χ4v) is 4.06. The summed E-state index contributed by atoms with van der Waals surface area (Å²) in [5, 5.41) is 3.48. The number of amides is 1. The Bertz CT molecular complexity index is 325. The fourth-order valence-electron chi connectivity index (χ4n) is 4.06. The van der Waals surface area contributed by atoms with Crippen molar-refractivity contribution in [3.05, 3.63) is 0 Å². The molecular weight excluding hydrogens is 238 g/mol. The molecule has 3 unspecified atom stereocenters. The molecule has 3 atom stereocenters. The zero-order valence-corrected chi connectivity index (χ0v) is 12.1. The van der Waals surface area contributed by atoms with Gasteiger partial charge in [0.1, 0.15) is 0 Å². The number of nitrogens with zero attached hydrogens (tertiary/aromatic N) is 2. The molecular formula is C15H27N3O. The van der Waals surface area contributed by atoms with Crippen molar-refractivity contribution < 1.29 is 4.79 Å². The molecule has 0 aromatic rings. The summed E-state index contributed by atoms with van der Waals surface area (Å²) in [5.74, 6) is 1.89. The van der Waals surface area contributed by atoms with E-state index in [-0.39, 0.29) is 0 Å². The first-order valence-corrected chi connectivity index (χ1v) is 7.98. The minimum atomic E-state index is 0.363. The van der Waals surface area contributed by atoms with E-state index < -0.39 is 0 Å². The summed E-state index contributed by atoms with van der Waals surface area (Å²) < 4.78 is 0. The monoisotopic (exact) mass is 265 g/mol. The Morgan fingerprint density at radius 1 is 1.16 bits per heavy atom. The SMILES string of the molecule is CC1C2CNCC2CN1CC(=O)N1CCCCCC1. The molecule has 0 radical (unpaired) electrons. The highest BCUT2D eigenvalue weighted by atomic mass is 16.2. The summed E-state index contributed by atoms with van der Waals surface area (Å²) in [4.78, 5) is 17.0. The second kappa shape index (κ2) is 5.80. The Kier molecular flexibility index (Phi) is 4.08. The molecule has 3 aliphatic rings. The van der Waals surface area contributed by atoms with E-state index in [1.165, 1.54) is 25.7 Å². The molecule has 3 heterocycles. The maximum absolute atomic E-state index is 12.4. The molecule has 0 aromatic carbocycles. The van der Waals surface area contributed by atoms with Crippen LogP contribution in [0, 0.1) is 11.8 Å². The van der Waals surface area contributed by atoms with E-state index in [1.54, 1.807) is 0 Å². The largest absolute Gasteiger partial charge is 0.342 e. The minimum Gasteiger partial charge on any atom is -0.342 e. The van der Waals surface area contributed by atoms with Crippen molar-refractivity contribution in [2.45, 2.75) is 38.6 Å². The van der Waals surface area contributed by atoms with E-state index in [0.717, 1.165) is 44.6 Å². The van der Waals surface area contributed by atoms with E-state index in [0.29, 0.717) is 18.5 Å². The van der Waals surface area contributed by atoms with Gasteiger partial charge >= 0.3 is 0 Å².